The van der Waals surface area contributed by atoms with Crippen molar-refractivity contribution in [2.75, 3.05) is 24.3 Å². The molecule has 1 saturated heterocycles. The lowest BCUT2D eigenvalue weighted by atomic mass is 10.2. The second kappa shape index (κ2) is 5.80. The van der Waals surface area contributed by atoms with Crippen molar-refractivity contribution in [3.05, 3.63) is 11.1 Å². The molecule has 1 aromatic rings. The van der Waals surface area contributed by atoms with Gasteiger partial charge in [-0.1, -0.05) is 11.8 Å². The van der Waals surface area contributed by atoms with Gasteiger partial charge in [0.1, 0.15) is 0 Å². The molecule has 8 heteroatoms. The van der Waals surface area contributed by atoms with Crippen LogP contribution in [-0.4, -0.2) is 54.6 Å². The van der Waals surface area contributed by atoms with Crippen LogP contribution in [0.1, 0.15) is 12.1 Å². The van der Waals surface area contributed by atoms with Crippen molar-refractivity contribution in [2.24, 2.45) is 0 Å². The molecule has 1 atom stereocenters. The molecule has 1 amide bonds. The fraction of sp³-hybridized carbons (Fsp3) is 0.636. The Bertz CT molecular complexity index is 567. The maximum absolute atomic E-state index is 12.0. The molecule has 0 radical (unpaired) electrons. The van der Waals surface area contributed by atoms with Crippen LogP contribution in [0.3, 0.4) is 0 Å². The van der Waals surface area contributed by atoms with Gasteiger partial charge in [-0.3, -0.25) is 4.79 Å². The van der Waals surface area contributed by atoms with Gasteiger partial charge in [-0.25, -0.2) is 13.4 Å². The molecule has 19 heavy (non-hydrogen) atoms. The Kier molecular flexibility index (Phi) is 4.52. The smallest absolute Gasteiger partial charge is 0.233 e. The van der Waals surface area contributed by atoms with Gasteiger partial charge in [0.25, 0.3) is 0 Å². The van der Waals surface area contributed by atoms with Crippen LogP contribution in [0.15, 0.2) is 9.72 Å². The number of thioether (sulfide) groups is 1. The topological polar surface area (TPSA) is 67.3 Å². The minimum atomic E-state index is -2.95. The number of rotatable bonds is 4. The maximum Gasteiger partial charge on any atom is 0.233 e. The summed E-state index contributed by atoms with van der Waals surface area (Å²) in [5, 5.41) is 1.94. The van der Waals surface area contributed by atoms with E-state index in [-0.39, 0.29) is 23.5 Å². The van der Waals surface area contributed by atoms with E-state index >= 15 is 0 Å². The van der Waals surface area contributed by atoms with E-state index in [9.17, 15) is 13.2 Å². The third kappa shape index (κ3) is 3.93. The molecule has 1 unspecified atom stereocenters. The minimum absolute atomic E-state index is 0.0417. The Morgan fingerprint density at radius 3 is 2.89 bits per heavy atom. The summed E-state index contributed by atoms with van der Waals surface area (Å²) < 4.78 is 23.7. The maximum atomic E-state index is 12.0. The lowest BCUT2D eigenvalue weighted by molar-refractivity contribution is -0.128. The van der Waals surface area contributed by atoms with Crippen LogP contribution >= 0.6 is 23.1 Å². The number of thiazole rings is 1. The predicted molar refractivity (Wildman–Crippen MR) is 77.4 cm³/mol. The Morgan fingerprint density at radius 1 is 1.63 bits per heavy atom. The molecule has 0 aliphatic carbocycles. The summed E-state index contributed by atoms with van der Waals surface area (Å²) in [6, 6.07) is -0.170. The molecule has 1 fully saturated rings. The minimum Gasteiger partial charge on any atom is -0.341 e. The molecule has 2 rings (SSSR count). The van der Waals surface area contributed by atoms with E-state index in [1.807, 2.05) is 12.3 Å². The molecule has 0 bridgehead atoms. The molecule has 0 aromatic carbocycles. The molecule has 1 aliphatic heterocycles. The van der Waals surface area contributed by atoms with Crippen LogP contribution < -0.4 is 0 Å². The van der Waals surface area contributed by atoms with Gasteiger partial charge in [-0.15, -0.1) is 11.3 Å². The highest BCUT2D eigenvalue weighted by molar-refractivity contribution is 8.01. The molecular weight excluding hydrogens is 304 g/mol. The molecule has 106 valence electrons. The number of hydrogen-bond donors (Lipinski definition) is 0. The first-order chi connectivity index (χ1) is 8.87. The van der Waals surface area contributed by atoms with E-state index in [0.29, 0.717) is 12.2 Å². The normalized spacial score (nSPS) is 21.5. The zero-order chi connectivity index (χ0) is 14.0. The van der Waals surface area contributed by atoms with Crippen LogP contribution in [0.4, 0.5) is 0 Å². The summed E-state index contributed by atoms with van der Waals surface area (Å²) in [6.07, 6.45) is 0.547. The number of aryl methyl sites for hydroxylation is 1. The molecule has 1 aliphatic rings. The summed E-state index contributed by atoms with van der Waals surface area (Å²) >= 11 is 2.92. The second-order valence-corrected chi connectivity index (χ2v) is 8.91. The Hall–Kier alpha value is -0.600. The average Bonchev–Trinajstić information content (AvgIpc) is 2.91. The van der Waals surface area contributed by atoms with E-state index in [0.717, 1.165) is 10.0 Å². The number of nitrogens with zero attached hydrogens (tertiary/aromatic N) is 2. The first-order valence-corrected chi connectivity index (χ1v) is 9.57. The third-order valence-electron chi connectivity index (χ3n) is 3.07. The fourth-order valence-corrected chi connectivity index (χ4v) is 5.46. The van der Waals surface area contributed by atoms with E-state index in [1.54, 1.807) is 11.9 Å². The van der Waals surface area contributed by atoms with Gasteiger partial charge < -0.3 is 4.90 Å². The van der Waals surface area contributed by atoms with Crippen molar-refractivity contribution in [2.45, 2.75) is 23.7 Å². The number of carbonyl (C=O) groups excluding carboxylic acids is 1. The van der Waals surface area contributed by atoms with E-state index in [2.05, 4.69) is 4.98 Å². The number of aromatic nitrogens is 1. The third-order valence-corrected chi connectivity index (χ3v) is 6.94. The van der Waals surface area contributed by atoms with Crippen molar-refractivity contribution in [3.63, 3.8) is 0 Å². The van der Waals surface area contributed by atoms with Gasteiger partial charge in [0, 0.05) is 24.2 Å². The largest absolute Gasteiger partial charge is 0.341 e. The molecule has 0 saturated carbocycles. The van der Waals surface area contributed by atoms with E-state index in [1.165, 1.54) is 23.1 Å². The second-order valence-electron chi connectivity index (χ2n) is 4.60. The number of sulfone groups is 1. The highest BCUT2D eigenvalue weighted by Crippen LogP contribution is 2.23. The molecule has 5 nitrogen and oxygen atoms in total. The van der Waals surface area contributed by atoms with Crippen LogP contribution in [0.25, 0.3) is 0 Å². The van der Waals surface area contributed by atoms with E-state index < -0.39 is 9.84 Å². The number of amides is 1. The Morgan fingerprint density at radius 2 is 2.37 bits per heavy atom. The summed E-state index contributed by atoms with van der Waals surface area (Å²) in [4.78, 5) is 17.9. The standard InChI is InChI=1S/C11H16N2O3S3/c1-8-5-17-11(12-8)18-6-10(14)13(2)9-3-4-19(15,16)7-9/h5,9H,3-4,6-7H2,1-2H3. The van der Waals surface area contributed by atoms with Gasteiger partial charge in [-0.05, 0) is 13.3 Å². The first-order valence-electron chi connectivity index (χ1n) is 5.88. The molecule has 2 heterocycles. The van der Waals surface area contributed by atoms with Gasteiger partial charge in [0.05, 0.1) is 17.3 Å². The zero-order valence-electron chi connectivity index (χ0n) is 10.8. The van der Waals surface area contributed by atoms with Gasteiger partial charge in [0.2, 0.25) is 5.91 Å². The summed E-state index contributed by atoms with van der Waals surface area (Å²) in [7, 11) is -1.27. The summed E-state index contributed by atoms with van der Waals surface area (Å²) in [5.74, 6) is 0.546. The highest BCUT2D eigenvalue weighted by atomic mass is 32.2. The first kappa shape index (κ1) is 14.8. The molecule has 0 spiro atoms. The quantitative estimate of drug-likeness (QED) is 0.780. The Labute approximate surface area is 121 Å². The monoisotopic (exact) mass is 320 g/mol. The van der Waals surface area contributed by atoms with E-state index in [4.69, 9.17) is 0 Å². The lowest BCUT2D eigenvalue weighted by Crippen LogP contribution is -2.38. The number of carbonyl (C=O) groups is 1. The predicted octanol–water partition coefficient (Wildman–Crippen LogP) is 1.19. The molecule has 0 N–H and O–H groups in total. The fourth-order valence-electron chi connectivity index (χ4n) is 1.91. The van der Waals surface area contributed by atoms with Crippen molar-refractivity contribution < 1.29 is 13.2 Å². The zero-order valence-corrected chi connectivity index (χ0v) is 13.3. The Balaban J connectivity index is 1.86. The number of hydrogen-bond acceptors (Lipinski definition) is 6. The van der Waals surface area contributed by atoms with Crippen LogP contribution in [-0.2, 0) is 14.6 Å². The SMILES string of the molecule is Cc1csc(SCC(=O)N(C)C2CCS(=O)(=O)C2)n1. The molecular formula is C11H16N2O3S3. The average molecular weight is 320 g/mol. The van der Waals surface area contributed by atoms with Crippen LogP contribution in [0.5, 0.6) is 0 Å². The van der Waals surface area contributed by atoms with Gasteiger partial charge >= 0.3 is 0 Å². The lowest BCUT2D eigenvalue weighted by Gasteiger charge is -2.22. The van der Waals surface area contributed by atoms with Crippen molar-refractivity contribution >= 4 is 38.8 Å². The molecule has 1 aromatic heterocycles. The van der Waals surface area contributed by atoms with Crippen molar-refractivity contribution in [1.82, 2.24) is 9.88 Å². The van der Waals surface area contributed by atoms with Gasteiger partial charge in [0.15, 0.2) is 14.2 Å². The summed E-state index contributed by atoms with van der Waals surface area (Å²) in [5.41, 5.74) is 0.954. The van der Waals surface area contributed by atoms with Crippen LogP contribution in [0, 0.1) is 6.92 Å². The van der Waals surface area contributed by atoms with Crippen molar-refractivity contribution in [1.29, 1.82) is 0 Å². The van der Waals surface area contributed by atoms with Crippen molar-refractivity contribution in [3.8, 4) is 0 Å². The van der Waals surface area contributed by atoms with Gasteiger partial charge in [-0.2, -0.15) is 0 Å². The highest BCUT2D eigenvalue weighted by Gasteiger charge is 2.32. The van der Waals surface area contributed by atoms with Crippen LogP contribution in [0.2, 0.25) is 0 Å². The summed E-state index contributed by atoms with van der Waals surface area (Å²) in [6.45, 7) is 1.91.